The number of nitrogens with one attached hydrogen (secondary N) is 2. The molecular formula is C8H10F3N3. The predicted octanol–water partition coefficient (Wildman–Crippen LogP) is 2.18. The van der Waals surface area contributed by atoms with Crippen LogP contribution in [0.1, 0.15) is 5.56 Å². The van der Waals surface area contributed by atoms with Crippen LogP contribution in [-0.4, -0.2) is 19.1 Å². The highest BCUT2D eigenvalue weighted by Gasteiger charge is 2.34. The molecule has 1 aromatic heterocycles. The Morgan fingerprint density at radius 1 is 1.14 bits per heavy atom. The Bertz CT molecular complexity index is 322. The second-order valence-corrected chi connectivity index (χ2v) is 2.59. The van der Waals surface area contributed by atoms with Crippen molar-refractivity contribution in [2.45, 2.75) is 6.18 Å². The molecule has 0 aliphatic heterocycles. The molecule has 0 spiro atoms. The van der Waals surface area contributed by atoms with Crippen LogP contribution in [0.25, 0.3) is 0 Å². The van der Waals surface area contributed by atoms with Crippen LogP contribution in [0.2, 0.25) is 0 Å². The van der Waals surface area contributed by atoms with E-state index in [1.807, 2.05) is 0 Å². The molecule has 0 fully saturated rings. The van der Waals surface area contributed by atoms with Gasteiger partial charge in [0.15, 0.2) is 0 Å². The van der Waals surface area contributed by atoms with Gasteiger partial charge in [-0.25, -0.2) is 4.98 Å². The second-order valence-electron chi connectivity index (χ2n) is 2.59. The van der Waals surface area contributed by atoms with Gasteiger partial charge < -0.3 is 10.6 Å². The van der Waals surface area contributed by atoms with Crippen LogP contribution >= 0.6 is 0 Å². The van der Waals surface area contributed by atoms with Gasteiger partial charge in [-0.1, -0.05) is 0 Å². The summed E-state index contributed by atoms with van der Waals surface area (Å²) in [6.45, 7) is 0. The van der Waals surface area contributed by atoms with Crippen molar-refractivity contribution in [1.82, 2.24) is 4.98 Å². The van der Waals surface area contributed by atoms with Gasteiger partial charge in [-0.05, 0) is 12.1 Å². The van der Waals surface area contributed by atoms with E-state index >= 15 is 0 Å². The van der Waals surface area contributed by atoms with Crippen molar-refractivity contribution in [3.63, 3.8) is 0 Å². The molecule has 0 aliphatic carbocycles. The molecule has 0 aromatic carbocycles. The lowest BCUT2D eigenvalue weighted by molar-refractivity contribution is -0.137. The quantitative estimate of drug-likeness (QED) is 0.777. The third-order valence-corrected chi connectivity index (χ3v) is 1.69. The van der Waals surface area contributed by atoms with Gasteiger partial charge in [0, 0.05) is 14.1 Å². The Labute approximate surface area is 79.3 Å². The predicted molar refractivity (Wildman–Crippen MR) is 48.3 cm³/mol. The van der Waals surface area contributed by atoms with Crippen LogP contribution in [0.3, 0.4) is 0 Å². The van der Waals surface area contributed by atoms with E-state index in [0.29, 0.717) is 5.82 Å². The van der Waals surface area contributed by atoms with Crippen LogP contribution < -0.4 is 10.6 Å². The minimum atomic E-state index is -4.38. The molecule has 0 bridgehead atoms. The van der Waals surface area contributed by atoms with Gasteiger partial charge >= 0.3 is 6.18 Å². The maximum absolute atomic E-state index is 12.4. The van der Waals surface area contributed by atoms with Crippen molar-refractivity contribution in [3.05, 3.63) is 17.7 Å². The maximum Gasteiger partial charge on any atom is 0.419 e. The average Bonchev–Trinajstić information content (AvgIpc) is 2.15. The first kappa shape index (κ1) is 10.6. The summed E-state index contributed by atoms with van der Waals surface area (Å²) in [7, 11) is 2.99. The molecule has 3 nitrogen and oxygen atoms in total. The maximum atomic E-state index is 12.4. The molecule has 1 heterocycles. The Hall–Kier alpha value is -1.46. The molecule has 2 N–H and O–H groups in total. The summed E-state index contributed by atoms with van der Waals surface area (Å²) >= 11 is 0. The van der Waals surface area contributed by atoms with Gasteiger partial charge in [-0.3, -0.25) is 0 Å². The van der Waals surface area contributed by atoms with Crippen LogP contribution in [0, 0.1) is 0 Å². The number of hydrogen-bond acceptors (Lipinski definition) is 3. The summed E-state index contributed by atoms with van der Waals surface area (Å²) in [5.41, 5.74) is -0.765. The molecule has 6 heteroatoms. The lowest BCUT2D eigenvalue weighted by Gasteiger charge is -2.12. The Morgan fingerprint density at radius 2 is 1.79 bits per heavy atom. The largest absolute Gasteiger partial charge is 0.419 e. The first-order chi connectivity index (χ1) is 6.49. The summed E-state index contributed by atoms with van der Waals surface area (Å²) < 4.78 is 37.1. The van der Waals surface area contributed by atoms with E-state index < -0.39 is 11.7 Å². The molecule has 78 valence electrons. The highest BCUT2D eigenvalue weighted by atomic mass is 19.4. The molecule has 0 radical (unpaired) electrons. The van der Waals surface area contributed by atoms with Crippen LogP contribution in [0.15, 0.2) is 12.1 Å². The summed E-state index contributed by atoms with van der Waals surface area (Å²) in [6.07, 6.45) is -4.38. The zero-order valence-corrected chi connectivity index (χ0v) is 7.74. The smallest absolute Gasteiger partial charge is 0.373 e. The monoisotopic (exact) mass is 205 g/mol. The molecule has 1 rings (SSSR count). The van der Waals surface area contributed by atoms with Crippen molar-refractivity contribution in [1.29, 1.82) is 0 Å². The second kappa shape index (κ2) is 3.73. The summed E-state index contributed by atoms with van der Waals surface area (Å²) in [5, 5.41) is 5.07. The topological polar surface area (TPSA) is 37.0 Å². The highest BCUT2D eigenvalue weighted by molar-refractivity contribution is 5.52. The minimum Gasteiger partial charge on any atom is -0.373 e. The van der Waals surface area contributed by atoms with E-state index in [9.17, 15) is 13.2 Å². The lowest BCUT2D eigenvalue weighted by atomic mass is 10.2. The van der Waals surface area contributed by atoms with Crippen LogP contribution in [-0.2, 0) is 6.18 Å². The number of halogens is 3. The van der Waals surface area contributed by atoms with E-state index in [-0.39, 0.29) is 5.82 Å². The number of rotatable bonds is 2. The summed E-state index contributed by atoms with van der Waals surface area (Å²) in [6, 6.07) is 2.27. The fourth-order valence-corrected chi connectivity index (χ4v) is 1.02. The van der Waals surface area contributed by atoms with Gasteiger partial charge in [-0.15, -0.1) is 0 Å². The minimum absolute atomic E-state index is 0.177. The zero-order chi connectivity index (χ0) is 10.8. The molecule has 0 saturated carbocycles. The van der Waals surface area contributed by atoms with Crippen molar-refractivity contribution in [2.75, 3.05) is 24.7 Å². The third-order valence-electron chi connectivity index (χ3n) is 1.69. The third kappa shape index (κ3) is 2.07. The molecule has 14 heavy (non-hydrogen) atoms. The van der Waals surface area contributed by atoms with Crippen molar-refractivity contribution in [3.8, 4) is 0 Å². The van der Waals surface area contributed by atoms with E-state index in [0.717, 1.165) is 6.07 Å². The highest BCUT2D eigenvalue weighted by Crippen LogP contribution is 2.34. The number of anilines is 2. The number of alkyl halides is 3. The number of aromatic nitrogens is 1. The van der Waals surface area contributed by atoms with Crippen molar-refractivity contribution >= 4 is 11.6 Å². The lowest BCUT2D eigenvalue weighted by Crippen LogP contribution is -2.11. The first-order valence-corrected chi connectivity index (χ1v) is 3.92. The van der Waals surface area contributed by atoms with E-state index in [4.69, 9.17) is 0 Å². The van der Waals surface area contributed by atoms with Crippen LogP contribution in [0.5, 0.6) is 0 Å². The normalized spacial score (nSPS) is 11.2. The number of pyridine rings is 1. The molecule has 0 saturated heterocycles. The standard InChI is InChI=1S/C8H10F3N3/c1-12-6-4-3-5(8(9,10)11)7(13-2)14-6/h3-4H,1-2H3,(H2,12,13,14). The summed E-state index contributed by atoms with van der Waals surface area (Å²) in [5.74, 6) is 0.215. The van der Waals surface area contributed by atoms with Gasteiger partial charge in [0.2, 0.25) is 0 Å². The molecule has 0 atom stereocenters. The van der Waals surface area contributed by atoms with Crippen LogP contribution in [0.4, 0.5) is 24.8 Å². The fraction of sp³-hybridized carbons (Fsp3) is 0.375. The fourth-order valence-electron chi connectivity index (χ4n) is 1.02. The zero-order valence-electron chi connectivity index (χ0n) is 7.74. The molecule has 0 amide bonds. The van der Waals surface area contributed by atoms with Gasteiger partial charge in [0.05, 0.1) is 5.56 Å². The molecule has 0 unspecified atom stereocenters. The molecule has 0 aliphatic rings. The van der Waals surface area contributed by atoms with Crippen molar-refractivity contribution in [2.24, 2.45) is 0 Å². The Kier molecular flexibility index (Phi) is 2.83. The van der Waals surface area contributed by atoms with Gasteiger partial charge in [-0.2, -0.15) is 13.2 Å². The number of hydrogen-bond donors (Lipinski definition) is 2. The average molecular weight is 205 g/mol. The van der Waals surface area contributed by atoms with E-state index in [1.54, 1.807) is 7.05 Å². The first-order valence-electron chi connectivity index (χ1n) is 3.92. The SMILES string of the molecule is CNc1ccc(C(F)(F)F)c(NC)n1. The van der Waals surface area contributed by atoms with Gasteiger partial charge in [0.25, 0.3) is 0 Å². The number of nitrogens with zero attached hydrogens (tertiary/aromatic N) is 1. The molecule has 1 aromatic rings. The van der Waals surface area contributed by atoms with E-state index in [2.05, 4.69) is 15.6 Å². The Balaban J connectivity index is 3.18. The van der Waals surface area contributed by atoms with E-state index in [1.165, 1.54) is 13.1 Å². The van der Waals surface area contributed by atoms with Crippen molar-refractivity contribution < 1.29 is 13.2 Å². The molecular weight excluding hydrogens is 195 g/mol. The van der Waals surface area contributed by atoms with Gasteiger partial charge in [0.1, 0.15) is 11.6 Å². The summed E-state index contributed by atoms with van der Waals surface area (Å²) in [4.78, 5) is 3.73. The Morgan fingerprint density at radius 3 is 2.21 bits per heavy atom.